The Morgan fingerprint density at radius 2 is 2.19 bits per heavy atom. The van der Waals surface area contributed by atoms with Gasteiger partial charge in [0.2, 0.25) is 0 Å². The molecule has 0 saturated heterocycles. The van der Waals surface area contributed by atoms with E-state index in [-0.39, 0.29) is 0 Å². The van der Waals surface area contributed by atoms with Crippen LogP contribution in [-0.4, -0.2) is 16.0 Å². The van der Waals surface area contributed by atoms with Crippen LogP contribution in [0.2, 0.25) is 0 Å². The van der Waals surface area contributed by atoms with Crippen LogP contribution in [0.3, 0.4) is 0 Å². The van der Waals surface area contributed by atoms with Crippen LogP contribution in [0.15, 0.2) is 0 Å². The first-order chi connectivity index (χ1) is 7.76. The molecule has 1 rings (SSSR count). The van der Waals surface area contributed by atoms with Gasteiger partial charge in [-0.1, -0.05) is 33.1 Å². The van der Waals surface area contributed by atoms with Crippen LogP contribution in [0.1, 0.15) is 38.6 Å². The normalized spacial score (nSPS) is 11.7. The third kappa shape index (κ3) is 4.63. The van der Waals surface area contributed by atoms with Crippen LogP contribution in [0.5, 0.6) is 6.01 Å². The van der Waals surface area contributed by atoms with E-state index in [0.717, 1.165) is 24.3 Å². The second-order valence-electron chi connectivity index (χ2n) is 3.68. The zero-order valence-electron chi connectivity index (χ0n) is 10.1. The molecule has 0 aliphatic rings. The topological polar surface area (TPSA) is 35.0 Å². The highest BCUT2D eigenvalue weighted by Gasteiger charge is 2.07. The van der Waals surface area contributed by atoms with E-state index in [1.807, 2.05) is 6.92 Å². The van der Waals surface area contributed by atoms with Crippen molar-refractivity contribution in [3.63, 3.8) is 0 Å². The van der Waals surface area contributed by atoms with Crippen LogP contribution in [0.4, 0.5) is 0 Å². The van der Waals surface area contributed by atoms with E-state index in [2.05, 4.69) is 35.0 Å². The highest BCUT2D eigenvalue weighted by molar-refractivity contribution is 7.05. The number of nitrogens with zero attached hydrogens (tertiary/aromatic N) is 2. The van der Waals surface area contributed by atoms with E-state index >= 15 is 0 Å². The largest absolute Gasteiger partial charge is 0.450 e. The molecule has 0 saturated carbocycles. The van der Waals surface area contributed by atoms with Crippen LogP contribution >= 0.6 is 11.5 Å². The second-order valence-corrected chi connectivity index (χ2v) is 4.52. The lowest BCUT2D eigenvalue weighted by Crippen LogP contribution is -1.98. The van der Waals surface area contributed by atoms with Gasteiger partial charge >= 0.3 is 6.01 Å². The van der Waals surface area contributed by atoms with Crippen molar-refractivity contribution in [1.82, 2.24) is 9.36 Å². The van der Waals surface area contributed by atoms with Crippen LogP contribution < -0.4 is 4.74 Å². The standard InChI is InChI=1S/C12H18N2OS/c1-4-6-7-8-15-12-13-11(16-14-12)9-10(3)5-2/h10H,4-5,8-9H2,1-3H3. The van der Waals surface area contributed by atoms with Gasteiger partial charge in [-0.3, -0.25) is 0 Å². The Morgan fingerprint density at radius 3 is 2.88 bits per heavy atom. The Morgan fingerprint density at radius 1 is 1.38 bits per heavy atom. The second kappa shape index (κ2) is 7.24. The minimum Gasteiger partial charge on any atom is -0.450 e. The van der Waals surface area contributed by atoms with Crippen LogP contribution in [0.25, 0.3) is 0 Å². The van der Waals surface area contributed by atoms with E-state index < -0.39 is 0 Å². The average Bonchev–Trinajstić information content (AvgIpc) is 2.72. The molecule has 88 valence electrons. The average molecular weight is 238 g/mol. The van der Waals surface area contributed by atoms with Crippen molar-refractivity contribution in [2.24, 2.45) is 5.92 Å². The summed E-state index contributed by atoms with van der Waals surface area (Å²) in [5, 5.41) is 1.05. The van der Waals surface area contributed by atoms with Gasteiger partial charge in [-0.15, -0.1) is 10.3 Å². The summed E-state index contributed by atoms with van der Waals surface area (Å²) >= 11 is 1.42. The fraction of sp³-hybridized carbons (Fsp3) is 0.667. The van der Waals surface area contributed by atoms with Crippen molar-refractivity contribution >= 4 is 11.5 Å². The summed E-state index contributed by atoms with van der Waals surface area (Å²) in [6.07, 6.45) is 3.00. The van der Waals surface area contributed by atoms with Gasteiger partial charge in [0.1, 0.15) is 5.01 Å². The third-order valence-corrected chi connectivity index (χ3v) is 2.96. The zero-order chi connectivity index (χ0) is 11.8. The summed E-state index contributed by atoms with van der Waals surface area (Å²) in [4.78, 5) is 4.31. The Kier molecular flexibility index (Phi) is 5.87. The third-order valence-electron chi connectivity index (χ3n) is 2.24. The van der Waals surface area contributed by atoms with Gasteiger partial charge in [-0.2, -0.15) is 4.98 Å². The number of hydrogen-bond donors (Lipinski definition) is 0. The Bertz CT molecular complexity index is 365. The molecule has 0 radical (unpaired) electrons. The summed E-state index contributed by atoms with van der Waals surface area (Å²) in [5.41, 5.74) is 0. The molecule has 0 N–H and O–H groups in total. The number of aromatic nitrogens is 2. The summed E-state index contributed by atoms with van der Waals surface area (Å²) < 4.78 is 9.46. The Labute approximate surface area is 101 Å². The number of ether oxygens (including phenoxy) is 1. The molecule has 1 atom stereocenters. The Hall–Kier alpha value is -1.08. The molecule has 0 aliphatic heterocycles. The highest BCUT2D eigenvalue weighted by Crippen LogP contribution is 2.16. The van der Waals surface area contributed by atoms with E-state index in [1.54, 1.807) is 0 Å². The molecule has 1 aromatic rings. The van der Waals surface area contributed by atoms with E-state index in [4.69, 9.17) is 4.74 Å². The lowest BCUT2D eigenvalue weighted by molar-refractivity contribution is 0.343. The molecular formula is C12H18N2OS. The van der Waals surface area contributed by atoms with Gasteiger partial charge in [0.05, 0.1) is 0 Å². The number of hydrogen-bond acceptors (Lipinski definition) is 4. The van der Waals surface area contributed by atoms with Crippen molar-refractivity contribution in [2.45, 2.75) is 40.0 Å². The van der Waals surface area contributed by atoms with Crippen molar-refractivity contribution in [2.75, 3.05) is 6.61 Å². The van der Waals surface area contributed by atoms with Crippen molar-refractivity contribution < 1.29 is 4.74 Å². The SMILES string of the molecule is CCC#CCOc1nsc(CC(C)CC)n1. The first kappa shape index (κ1) is 13.0. The van der Waals surface area contributed by atoms with E-state index in [9.17, 15) is 0 Å². The molecule has 16 heavy (non-hydrogen) atoms. The van der Waals surface area contributed by atoms with E-state index in [0.29, 0.717) is 18.5 Å². The molecule has 0 fully saturated rings. The fourth-order valence-electron chi connectivity index (χ4n) is 1.10. The molecule has 3 nitrogen and oxygen atoms in total. The molecule has 0 bridgehead atoms. The lowest BCUT2D eigenvalue weighted by atomic mass is 10.1. The van der Waals surface area contributed by atoms with Gasteiger partial charge < -0.3 is 4.74 Å². The minimum absolute atomic E-state index is 0.382. The summed E-state index contributed by atoms with van der Waals surface area (Å²) in [7, 11) is 0. The van der Waals surface area contributed by atoms with Crippen LogP contribution in [0, 0.1) is 17.8 Å². The molecule has 1 heterocycles. The zero-order valence-corrected chi connectivity index (χ0v) is 10.9. The molecule has 0 aliphatic carbocycles. The predicted octanol–water partition coefficient (Wildman–Crippen LogP) is 2.92. The molecule has 1 aromatic heterocycles. The highest BCUT2D eigenvalue weighted by atomic mass is 32.1. The Balaban J connectivity index is 2.39. The molecule has 4 heteroatoms. The minimum atomic E-state index is 0.382. The molecule has 0 spiro atoms. The van der Waals surface area contributed by atoms with Crippen molar-refractivity contribution in [3.05, 3.63) is 5.01 Å². The van der Waals surface area contributed by atoms with Gasteiger partial charge in [-0.05, 0) is 17.5 Å². The van der Waals surface area contributed by atoms with Gasteiger partial charge in [0.25, 0.3) is 0 Å². The van der Waals surface area contributed by atoms with Gasteiger partial charge in [0.15, 0.2) is 6.61 Å². The summed E-state index contributed by atoms with van der Waals surface area (Å²) in [6, 6.07) is 0.466. The molecule has 1 unspecified atom stereocenters. The fourth-order valence-corrected chi connectivity index (χ4v) is 1.85. The van der Waals surface area contributed by atoms with E-state index in [1.165, 1.54) is 11.5 Å². The quantitative estimate of drug-likeness (QED) is 0.740. The summed E-state index contributed by atoms with van der Waals surface area (Å²) in [5.74, 6) is 6.49. The van der Waals surface area contributed by atoms with Crippen molar-refractivity contribution in [1.29, 1.82) is 0 Å². The van der Waals surface area contributed by atoms with Gasteiger partial charge in [0, 0.05) is 12.8 Å². The first-order valence-electron chi connectivity index (χ1n) is 5.67. The van der Waals surface area contributed by atoms with Crippen LogP contribution in [-0.2, 0) is 6.42 Å². The first-order valence-corrected chi connectivity index (χ1v) is 6.44. The molecular weight excluding hydrogens is 220 g/mol. The lowest BCUT2D eigenvalue weighted by Gasteiger charge is -2.02. The maximum atomic E-state index is 5.32. The monoisotopic (exact) mass is 238 g/mol. The predicted molar refractivity (Wildman–Crippen MR) is 66.6 cm³/mol. The maximum Gasteiger partial charge on any atom is 0.329 e. The smallest absolute Gasteiger partial charge is 0.329 e. The van der Waals surface area contributed by atoms with Gasteiger partial charge in [-0.25, -0.2) is 0 Å². The summed E-state index contributed by atoms with van der Waals surface area (Å²) in [6.45, 7) is 6.80. The molecule has 0 aromatic carbocycles. The molecule has 0 amide bonds. The number of rotatable bonds is 5. The van der Waals surface area contributed by atoms with Crippen molar-refractivity contribution in [3.8, 4) is 17.9 Å². The maximum absolute atomic E-state index is 5.32.